The SMILES string of the molecule is CCC1CNC(=O)c2cccc(OC)c21. The van der Waals surface area contributed by atoms with Crippen LogP contribution in [0.15, 0.2) is 18.2 Å². The van der Waals surface area contributed by atoms with Crippen LogP contribution in [0.1, 0.15) is 35.2 Å². The van der Waals surface area contributed by atoms with Gasteiger partial charge in [0.1, 0.15) is 5.75 Å². The molecule has 3 nitrogen and oxygen atoms in total. The average Bonchev–Trinajstić information content (AvgIpc) is 2.29. The lowest BCUT2D eigenvalue weighted by molar-refractivity contribution is 0.0938. The Hall–Kier alpha value is -1.51. The molecule has 1 atom stereocenters. The summed E-state index contributed by atoms with van der Waals surface area (Å²) in [5, 5.41) is 2.90. The molecular weight excluding hydrogens is 190 g/mol. The van der Waals surface area contributed by atoms with E-state index in [4.69, 9.17) is 4.74 Å². The van der Waals surface area contributed by atoms with Crippen molar-refractivity contribution in [3.63, 3.8) is 0 Å². The summed E-state index contributed by atoms with van der Waals surface area (Å²) >= 11 is 0. The van der Waals surface area contributed by atoms with Crippen LogP contribution in [0.4, 0.5) is 0 Å². The molecule has 0 saturated carbocycles. The number of carbonyl (C=O) groups excluding carboxylic acids is 1. The lowest BCUT2D eigenvalue weighted by atomic mass is 9.88. The summed E-state index contributed by atoms with van der Waals surface area (Å²) in [7, 11) is 1.65. The van der Waals surface area contributed by atoms with Gasteiger partial charge in [-0.25, -0.2) is 0 Å². The normalized spacial score (nSPS) is 19.3. The van der Waals surface area contributed by atoms with Crippen LogP contribution in [0, 0.1) is 0 Å². The van der Waals surface area contributed by atoms with E-state index in [0.29, 0.717) is 12.5 Å². The average molecular weight is 205 g/mol. The molecule has 1 amide bonds. The van der Waals surface area contributed by atoms with Crippen molar-refractivity contribution in [2.45, 2.75) is 19.3 Å². The molecule has 1 aromatic rings. The summed E-state index contributed by atoms with van der Waals surface area (Å²) in [6, 6.07) is 5.63. The van der Waals surface area contributed by atoms with Gasteiger partial charge in [-0.15, -0.1) is 0 Å². The number of amides is 1. The van der Waals surface area contributed by atoms with E-state index in [2.05, 4.69) is 12.2 Å². The Morgan fingerprint density at radius 2 is 2.33 bits per heavy atom. The van der Waals surface area contributed by atoms with Crippen molar-refractivity contribution in [1.29, 1.82) is 0 Å². The number of hydrogen-bond donors (Lipinski definition) is 1. The van der Waals surface area contributed by atoms with Gasteiger partial charge in [0, 0.05) is 23.6 Å². The van der Waals surface area contributed by atoms with Gasteiger partial charge >= 0.3 is 0 Å². The number of nitrogens with one attached hydrogen (secondary N) is 1. The van der Waals surface area contributed by atoms with Crippen molar-refractivity contribution < 1.29 is 9.53 Å². The molecule has 0 aromatic heterocycles. The topological polar surface area (TPSA) is 38.3 Å². The molecule has 0 radical (unpaired) electrons. The van der Waals surface area contributed by atoms with Gasteiger partial charge < -0.3 is 10.1 Å². The highest BCUT2D eigenvalue weighted by Gasteiger charge is 2.26. The fourth-order valence-electron chi connectivity index (χ4n) is 2.10. The Kier molecular flexibility index (Phi) is 2.62. The van der Waals surface area contributed by atoms with Crippen LogP contribution in [0.3, 0.4) is 0 Å². The van der Waals surface area contributed by atoms with Gasteiger partial charge in [0.15, 0.2) is 0 Å². The highest BCUT2D eigenvalue weighted by molar-refractivity contribution is 5.97. The summed E-state index contributed by atoms with van der Waals surface area (Å²) in [5.41, 5.74) is 1.82. The second-order valence-electron chi connectivity index (χ2n) is 3.74. The Labute approximate surface area is 89.4 Å². The van der Waals surface area contributed by atoms with Gasteiger partial charge in [0.2, 0.25) is 0 Å². The summed E-state index contributed by atoms with van der Waals surface area (Å²) in [4.78, 5) is 11.6. The van der Waals surface area contributed by atoms with Crippen LogP contribution in [0.2, 0.25) is 0 Å². The monoisotopic (exact) mass is 205 g/mol. The summed E-state index contributed by atoms with van der Waals surface area (Å²) in [5.74, 6) is 1.21. The standard InChI is InChI=1S/C12H15NO2/c1-3-8-7-13-12(14)9-5-4-6-10(15-2)11(8)9/h4-6,8H,3,7H2,1-2H3,(H,13,14). The van der Waals surface area contributed by atoms with Gasteiger partial charge in [0.05, 0.1) is 7.11 Å². The van der Waals surface area contributed by atoms with Gasteiger partial charge in [-0.2, -0.15) is 0 Å². The van der Waals surface area contributed by atoms with E-state index in [9.17, 15) is 4.79 Å². The van der Waals surface area contributed by atoms with E-state index in [1.165, 1.54) is 0 Å². The first-order chi connectivity index (χ1) is 7.27. The third-order valence-corrected chi connectivity index (χ3v) is 2.94. The van der Waals surface area contributed by atoms with Crippen LogP contribution in [-0.2, 0) is 0 Å². The van der Waals surface area contributed by atoms with E-state index < -0.39 is 0 Å². The fourth-order valence-corrected chi connectivity index (χ4v) is 2.10. The maximum Gasteiger partial charge on any atom is 0.251 e. The second kappa shape index (κ2) is 3.93. The quantitative estimate of drug-likeness (QED) is 0.801. The van der Waals surface area contributed by atoms with Crippen LogP contribution in [0.25, 0.3) is 0 Å². The van der Waals surface area contributed by atoms with Gasteiger partial charge in [-0.1, -0.05) is 13.0 Å². The molecular formula is C12H15NO2. The van der Waals surface area contributed by atoms with Gasteiger partial charge in [0.25, 0.3) is 5.91 Å². The van der Waals surface area contributed by atoms with Crippen molar-refractivity contribution in [2.24, 2.45) is 0 Å². The predicted molar refractivity (Wildman–Crippen MR) is 58.4 cm³/mol. The number of rotatable bonds is 2. The summed E-state index contributed by atoms with van der Waals surface area (Å²) in [6.45, 7) is 2.83. The van der Waals surface area contributed by atoms with Gasteiger partial charge in [-0.3, -0.25) is 4.79 Å². The van der Waals surface area contributed by atoms with Crippen LogP contribution in [0.5, 0.6) is 5.75 Å². The minimum Gasteiger partial charge on any atom is -0.496 e. The van der Waals surface area contributed by atoms with E-state index in [1.807, 2.05) is 18.2 Å². The van der Waals surface area contributed by atoms with Crippen molar-refractivity contribution >= 4 is 5.91 Å². The zero-order valence-corrected chi connectivity index (χ0v) is 9.04. The van der Waals surface area contributed by atoms with Crippen molar-refractivity contribution in [2.75, 3.05) is 13.7 Å². The number of fused-ring (bicyclic) bond motifs is 1. The van der Waals surface area contributed by atoms with E-state index in [-0.39, 0.29) is 5.91 Å². The fraction of sp³-hybridized carbons (Fsp3) is 0.417. The Morgan fingerprint density at radius 1 is 1.53 bits per heavy atom. The molecule has 0 aliphatic carbocycles. The smallest absolute Gasteiger partial charge is 0.251 e. The van der Waals surface area contributed by atoms with Crippen molar-refractivity contribution in [3.05, 3.63) is 29.3 Å². The Morgan fingerprint density at radius 3 is 3.00 bits per heavy atom. The maximum atomic E-state index is 11.6. The summed E-state index contributed by atoms with van der Waals surface area (Å²) in [6.07, 6.45) is 1.01. The molecule has 1 N–H and O–H groups in total. The highest BCUT2D eigenvalue weighted by atomic mass is 16.5. The predicted octanol–water partition coefficient (Wildman–Crippen LogP) is 1.93. The highest BCUT2D eigenvalue weighted by Crippen LogP contribution is 2.34. The first-order valence-corrected chi connectivity index (χ1v) is 5.23. The molecule has 0 fully saturated rings. The van der Waals surface area contributed by atoms with E-state index in [0.717, 1.165) is 23.3 Å². The zero-order chi connectivity index (χ0) is 10.8. The number of hydrogen-bond acceptors (Lipinski definition) is 2. The van der Waals surface area contributed by atoms with E-state index >= 15 is 0 Å². The number of ether oxygens (including phenoxy) is 1. The molecule has 15 heavy (non-hydrogen) atoms. The molecule has 0 bridgehead atoms. The molecule has 80 valence electrons. The molecule has 1 heterocycles. The lowest BCUT2D eigenvalue weighted by Gasteiger charge is -2.26. The molecule has 3 heteroatoms. The second-order valence-corrected chi connectivity index (χ2v) is 3.74. The van der Waals surface area contributed by atoms with Gasteiger partial charge in [-0.05, 0) is 18.6 Å². The minimum atomic E-state index is 0.00796. The molecule has 0 saturated heterocycles. The van der Waals surface area contributed by atoms with Crippen LogP contribution >= 0.6 is 0 Å². The molecule has 1 aliphatic heterocycles. The number of carbonyl (C=O) groups is 1. The Bertz CT molecular complexity index is 387. The first-order valence-electron chi connectivity index (χ1n) is 5.23. The molecule has 1 aliphatic rings. The summed E-state index contributed by atoms with van der Waals surface area (Å²) < 4.78 is 5.31. The number of methoxy groups -OCH3 is 1. The third kappa shape index (κ3) is 1.58. The lowest BCUT2D eigenvalue weighted by Crippen LogP contribution is -2.35. The maximum absolute atomic E-state index is 11.6. The van der Waals surface area contributed by atoms with Crippen LogP contribution < -0.4 is 10.1 Å². The van der Waals surface area contributed by atoms with E-state index in [1.54, 1.807) is 7.11 Å². The Balaban J connectivity index is 2.56. The molecule has 2 rings (SSSR count). The van der Waals surface area contributed by atoms with Crippen molar-refractivity contribution in [1.82, 2.24) is 5.32 Å². The van der Waals surface area contributed by atoms with Crippen molar-refractivity contribution in [3.8, 4) is 5.75 Å². The number of benzene rings is 1. The zero-order valence-electron chi connectivity index (χ0n) is 9.04. The van der Waals surface area contributed by atoms with Crippen LogP contribution in [-0.4, -0.2) is 19.6 Å². The molecule has 1 unspecified atom stereocenters. The molecule has 0 spiro atoms. The largest absolute Gasteiger partial charge is 0.496 e. The first kappa shape index (κ1) is 10.0. The molecule has 1 aromatic carbocycles. The minimum absolute atomic E-state index is 0.00796. The third-order valence-electron chi connectivity index (χ3n) is 2.94.